The van der Waals surface area contributed by atoms with Gasteiger partial charge in [-0.1, -0.05) is 5.16 Å². The van der Waals surface area contributed by atoms with Gasteiger partial charge in [-0.2, -0.15) is 16.7 Å². The van der Waals surface area contributed by atoms with Crippen LogP contribution in [0.4, 0.5) is 0 Å². The summed E-state index contributed by atoms with van der Waals surface area (Å²) in [6.07, 6.45) is 4.42. The average Bonchev–Trinajstić information content (AvgIpc) is 2.79. The Morgan fingerprint density at radius 3 is 3.25 bits per heavy atom. The maximum atomic E-state index is 5.27. The Hall–Kier alpha value is -0.550. The molecule has 2 heterocycles. The molecule has 0 aliphatic carbocycles. The molecule has 16 heavy (non-hydrogen) atoms. The van der Waals surface area contributed by atoms with Crippen LogP contribution in [0.1, 0.15) is 36.9 Å². The van der Waals surface area contributed by atoms with Crippen LogP contribution in [0.5, 0.6) is 0 Å². The summed E-state index contributed by atoms with van der Waals surface area (Å²) in [5.74, 6) is 4.66. The highest BCUT2D eigenvalue weighted by Crippen LogP contribution is 2.29. The van der Waals surface area contributed by atoms with E-state index in [1.54, 1.807) is 0 Å². The number of aromatic nitrogens is 2. The van der Waals surface area contributed by atoms with Crippen molar-refractivity contribution in [1.82, 2.24) is 15.5 Å². The van der Waals surface area contributed by atoms with Crippen LogP contribution in [0, 0.1) is 0 Å². The van der Waals surface area contributed by atoms with Gasteiger partial charge in [0, 0.05) is 18.1 Å². The molecule has 1 saturated heterocycles. The number of hydrogen-bond donors (Lipinski definition) is 1. The predicted octanol–water partition coefficient (Wildman–Crippen LogP) is 1.83. The monoisotopic (exact) mass is 241 g/mol. The number of nitrogens with one attached hydrogen (secondary N) is 1. The summed E-state index contributed by atoms with van der Waals surface area (Å²) in [6.45, 7) is 0.997. The number of nitrogens with zero attached hydrogens (tertiary/aromatic N) is 2. The molecule has 0 aromatic carbocycles. The second-order valence-electron chi connectivity index (χ2n) is 4.17. The van der Waals surface area contributed by atoms with Crippen LogP contribution in [0.2, 0.25) is 0 Å². The van der Waals surface area contributed by atoms with Crippen LogP contribution in [0.3, 0.4) is 0 Å². The van der Waals surface area contributed by atoms with E-state index in [0.717, 1.165) is 36.9 Å². The van der Waals surface area contributed by atoms with Crippen molar-refractivity contribution in [3.05, 3.63) is 11.7 Å². The minimum atomic E-state index is 0.514. The standard InChI is InChI=1S/C11H19N3OS/c1-12-6-2-5-10-13-11(14-15-10)9-4-3-7-16-8-9/h9,12H,2-8H2,1H3. The molecule has 0 amide bonds. The lowest BCUT2D eigenvalue weighted by Crippen LogP contribution is -2.10. The van der Waals surface area contributed by atoms with Gasteiger partial charge in [0.2, 0.25) is 5.89 Å². The molecule has 0 radical (unpaired) electrons. The minimum Gasteiger partial charge on any atom is -0.339 e. The van der Waals surface area contributed by atoms with E-state index in [2.05, 4.69) is 15.5 Å². The highest BCUT2D eigenvalue weighted by molar-refractivity contribution is 7.99. The number of hydrogen-bond acceptors (Lipinski definition) is 5. The maximum absolute atomic E-state index is 5.27. The number of aryl methyl sites for hydroxylation is 1. The molecule has 1 aromatic heterocycles. The molecule has 1 atom stereocenters. The Morgan fingerprint density at radius 1 is 1.56 bits per heavy atom. The van der Waals surface area contributed by atoms with Gasteiger partial charge >= 0.3 is 0 Å². The van der Waals surface area contributed by atoms with E-state index in [9.17, 15) is 0 Å². The Balaban J connectivity index is 1.85. The summed E-state index contributed by atoms with van der Waals surface area (Å²) in [7, 11) is 1.96. The lowest BCUT2D eigenvalue weighted by molar-refractivity contribution is 0.366. The van der Waals surface area contributed by atoms with Gasteiger partial charge in [-0.15, -0.1) is 0 Å². The molecule has 0 spiro atoms. The van der Waals surface area contributed by atoms with Crippen molar-refractivity contribution in [2.45, 2.75) is 31.6 Å². The molecule has 4 nitrogen and oxygen atoms in total. The van der Waals surface area contributed by atoms with Gasteiger partial charge in [0.15, 0.2) is 5.82 Å². The van der Waals surface area contributed by atoms with Crippen LogP contribution < -0.4 is 5.32 Å². The molecule has 90 valence electrons. The Kier molecular flexibility index (Phi) is 4.66. The fourth-order valence-corrected chi connectivity index (χ4v) is 3.03. The van der Waals surface area contributed by atoms with Crippen molar-refractivity contribution in [3.8, 4) is 0 Å². The first kappa shape index (κ1) is 11.9. The van der Waals surface area contributed by atoms with Gasteiger partial charge in [0.25, 0.3) is 0 Å². The first-order valence-electron chi connectivity index (χ1n) is 5.95. The first-order valence-corrected chi connectivity index (χ1v) is 7.10. The summed E-state index contributed by atoms with van der Waals surface area (Å²) >= 11 is 2.00. The van der Waals surface area contributed by atoms with Gasteiger partial charge in [0.1, 0.15) is 0 Å². The zero-order chi connectivity index (χ0) is 11.2. The molecular formula is C11H19N3OS. The molecule has 5 heteroatoms. The van der Waals surface area contributed by atoms with E-state index in [4.69, 9.17) is 4.52 Å². The highest BCUT2D eigenvalue weighted by atomic mass is 32.2. The quantitative estimate of drug-likeness (QED) is 0.797. The second-order valence-corrected chi connectivity index (χ2v) is 5.32. The molecule has 1 N–H and O–H groups in total. The van der Waals surface area contributed by atoms with Gasteiger partial charge in [0.05, 0.1) is 0 Å². The topological polar surface area (TPSA) is 51.0 Å². The fraction of sp³-hybridized carbons (Fsp3) is 0.818. The molecule has 0 bridgehead atoms. The van der Waals surface area contributed by atoms with Crippen LogP contribution >= 0.6 is 11.8 Å². The Bertz CT molecular complexity index is 310. The van der Waals surface area contributed by atoms with Crippen molar-refractivity contribution in [2.75, 3.05) is 25.1 Å². The third-order valence-electron chi connectivity index (χ3n) is 2.83. The summed E-state index contributed by atoms with van der Waals surface area (Å²) in [6, 6.07) is 0. The number of rotatable bonds is 5. The van der Waals surface area contributed by atoms with Crippen LogP contribution in [0.25, 0.3) is 0 Å². The largest absolute Gasteiger partial charge is 0.339 e. The van der Waals surface area contributed by atoms with Gasteiger partial charge in [-0.25, -0.2) is 0 Å². The lowest BCUT2D eigenvalue weighted by atomic mass is 10.1. The van der Waals surface area contributed by atoms with Crippen LogP contribution in [-0.4, -0.2) is 35.2 Å². The summed E-state index contributed by atoms with van der Waals surface area (Å²) < 4.78 is 5.27. The zero-order valence-corrected chi connectivity index (χ0v) is 10.6. The van der Waals surface area contributed by atoms with Crippen molar-refractivity contribution in [3.63, 3.8) is 0 Å². The second kappa shape index (κ2) is 6.25. The van der Waals surface area contributed by atoms with Crippen molar-refractivity contribution < 1.29 is 4.52 Å². The highest BCUT2D eigenvalue weighted by Gasteiger charge is 2.20. The van der Waals surface area contributed by atoms with Crippen molar-refractivity contribution in [2.24, 2.45) is 0 Å². The van der Waals surface area contributed by atoms with Crippen LogP contribution in [-0.2, 0) is 6.42 Å². The molecule has 1 unspecified atom stereocenters. The fourth-order valence-electron chi connectivity index (χ4n) is 1.90. The van der Waals surface area contributed by atoms with Gasteiger partial charge < -0.3 is 9.84 Å². The Morgan fingerprint density at radius 2 is 2.50 bits per heavy atom. The molecule has 1 aromatic rings. The smallest absolute Gasteiger partial charge is 0.226 e. The zero-order valence-electron chi connectivity index (χ0n) is 9.74. The predicted molar refractivity (Wildman–Crippen MR) is 65.8 cm³/mol. The van der Waals surface area contributed by atoms with E-state index in [1.807, 2.05) is 18.8 Å². The van der Waals surface area contributed by atoms with Gasteiger partial charge in [-0.3, -0.25) is 0 Å². The number of thioether (sulfide) groups is 1. The SMILES string of the molecule is CNCCCc1nc(C2CCCSC2)no1. The lowest BCUT2D eigenvalue weighted by Gasteiger charge is -2.17. The molecule has 1 fully saturated rings. The molecule has 0 saturated carbocycles. The summed E-state index contributed by atoms with van der Waals surface area (Å²) in [4.78, 5) is 4.49. The molecular weight excluding hydrogens is 222 g/mol. The average molecular weight is 241 g/mol. The first-order chi connectivity index (χ1) is 7.90. The van der Waals surface area contributed by atoms with E-state index in [-0.39, 0.29) is 0 Å². The minimum absolute atomic E-state index is 0.514. The maximum Gasteiger partial charge on any atom is 0.226 e. The summed E-state index contributed by atoms with van der Waals surface area (Å²) in [5.41, 5.74) is 0. The third-order valence-corrected chi connectivity index (χ3v) is 4.04. The van der Waals surface area contributed by atoms with Crippen LogP contribution in [0.15, 0.2) is 4.52 Å². The molecule has 1 aliphatic heterocycles. The molecule has 1 aliphatic rings. The van der Waals surface area contributed by atoms with E-state index in [1.165, 1.54) is 18.6 Å². The molecule has 2 rings (SSSR count). The third kappa shape index (κ3) is 3.22. The Labute approximate surface area is 101 Å². The van der Waals surface area contributed by atoms with E-state index < -0.39 is 0 Å². The summed E-state index contributed by atoms with van der Waals surface area (Å²) in [5, 5.41) is 7.21. The van der Waals surface area contributed by atoms with E-state index >= 15 is 0 Å². The van der Waals surface area contributed by atoms with Crippen molar-refractivity contribution >= 4 is 11.8 Å². The normalized spacial score (nSPS) is 21.2. The van der Waals surface area contributed by atoms with Gasteiger partial charge in [-0.05, 0) is 38.6 Å². The van der Waals surface area contributed by atoms with E-state index in [0.29, 0.717) is 5.92 Å². The van der Waals surface area contributed by atoms with Crippen molar-refractivity contribution in [1.29, 1.82) is 0 Å².